The molecule has 0 aliphatic carbocycles. The lowest BCUT2D eigenvalue weighted by Gasteiger charge is -2.28. The number of aliphatic hydroxyl groups is 2. The Morgan fingerprint density at radius 3 is 2.58 bits per heavy atom. The van der Waals surface area contributed by atoms with E-state index < -0.39 is 48.7 Å². The molecule has 192 valence electrons. The number of hydrogen-bond donors (Lipinski definition) is 3. The first kappa shape index (κ1) is 25.7. The number of rotatable bonds is 7. The van der Waals surface area contributed by atoms with Gasteiger partial charge in [-0.15, -0.1) is 0 Å². The fraction of sp³-hybridized carbons (Fsp3) is 0.440. The second-order valence-electron chi connectivity index (χ2n) is 9.77. The number of aliphatic hydroxyl groups excluding tert-OH is 2. The van der Waals surface area contributed by atoms with E-state index in [2.05, 4.69) is 15.4 Å². The number of fused-ring (bicyclic) bond motifs is 1. The van der Waals surface area contributed by atoms with Crippen molar-refractivity contribution in [3.63, 3.8) is 0 Å². The minimum absolute atomic E-state index is 0.279. The Labute approximate surface area is 208 Å². The van der Waals surface area contributed by atoms with E-state index in [0.717, 1.165) is 0 Å². The number of carbonyl (C=O) groups excluding carboxylic acids is 2. The summed E-state index contributed by atoms with van der Waals surface area (Å²) < 4.78 is 18.4. The Kier molecular flexibility index (Phi) is 7.10. The largest absolute Gasteiger partial charge is 0.438 e. The zero-order chi connectivity index (χ0) is 26.1. The zero-order valence-electron chi connectivity index (χ0n) is 20.5. The minimum Gasteiger partial charge on any atom is -0.438 e. The third-order valence-corrected chi connectivity index (χ3v) is 6.11. The van der Waals surface area contributed by atoms with Crippen LogP contribution in [0.25, 0.3) is 5.52 Å². The Balaban J connectivity index is 1.57. The Hall–Kier alpha value is -3.38. The van der Waals surface area contributed by atoms with Crippen molar-refractivity contribution in [2.24, 2.45) is 5.41 Å². The first-order valence-electron chi connectivity index (χ1n) is 11.5. The van der Waals surface area contributed by atoms with Crippen molar-refractivity contribution in [1.29, 1.82) is 0 Å². The summed E-state index contributed by atoms with van der Waals surface area (Å²) in [7, 11) is 0. The van der Waals surface area contributed by atoms with Gasteiger partial charge in [-0.05, 0) is 52.0 Å². The number of ether oxygens (including phenoxy) is 3. The monoisotopic (exact) mass is 498 g/mol. The van der Waals surface area contributed by atoms with Crippen LogP contribution < -0.4 is 5.32 Å². The molecule has 3 aromatic rings. The van der Waals surface area contributed by atoms with E-state index in [4.69, 9.17) is 14.2 Å². The number of nitrogens with zero attached hydrogens (tertiary/aromatic N) is 3. The first-order valence-corrected chi connectivity index (χ1v) is 11.5. The number of esters is 1. The van der Waals surface area contributed by atoms with Gasteiger partial charge in [-0.25, -0.2) is 9.50 Å². The van der Waals surface area contributed by atoms with Gasteiger partial charge in [-0.2, -0.15) is 5.10 Å². The maximum atomic E-state index is 12.6. The summed E-state index contributed by atoms with van der Waals surface area (Å²) in [5.41, 5.74) is -0.637. The zero-order valence-corrected chi connectivity index (χ0v) is 20.5. The van der Waals surface area contributed by atoms with E-state index in [0.29, 0.717) is 16.8 Å². The smallest absolute Gasteiger partial charge is 0.313 e. The van der Waals surface area contributed by atoms with E-state index >= 15 is 0 Å². The van der Waals surface area contributed by atoms with Crippen LogP contribution in [-0.2, 0) is 24.6 Å². The summed E-state index contributed by atoms with van der Waals surface area (Å²) >= 11 is 0. The predicted molar refractivity (Wildman–Crippen MR) is 128 cm³/mol. The van der Waals surface area contributed by atoms with Crippen molar-refractivity contribution in [3.8, 4) is 0 Å². The van der Waals surface area contributed by atoms with E-state index in [1.54, 1.807) is 64.1 Å². The lowest BCUT2D eigenvalue weighted by Crippen LogP contribution is -2.41. The van der Waals surface area contributed by atoms with E-state index in [-0.39, 0.29) is 11.7 Å². The van der Waals surface area contributed by atoms with Gasteiger partial charge in [0, 0.05) is 5.56 Å². The summed E-state index contributed by atoms with van der Waals surface area (Å²) in [5.74, 6) is -0.513. The van der Waals surface area contributed by atoms with Crippen LogP contribution in [0.5, 0.6) is 0 Å². The molecule has 4 rings (SSSR count). The summed E-state index contributed by atoms with van der Waals surface area (Å²) in [4.78, 5) is 28.9. The van der Waals surface area contributed by atoms with Crippen LogP contribution in [0.3, 0.4) is 0 Å². The van der Waals surface area contributed by atoms with Crippen LogP contribution in [0, 0.1) is 5.41 Å². The van der Waals surface area contributed by atoms with Crippen molar-refractivity contribution >= 4 is 23.2 Å². The lowest BCUT2D eigenvalue weighted by atomic mass is 9.93. The molecule has 0 radical (unpaired) electrons. The van der Waals surface area contributed by atoms with Gasteiger partial charge in [-0.1, -0.05) is 18.2 Å². The van der Waals surface area contributed by atoms with Gasteiger partial charge in [0.15, 0.2) is 12.6 Å². The topological polar surface area (TPSA) is 145 Å². The van der Waals surface area contributed by atoms with Crippen LogP contribution in [0.2, 0.25) is 0 Å². The highest BCUT2D eigenvalue weighted by atomic mass is 16.7. The molecule has 4 atom stereocenters. The van der Waals surface area contributed by atoms with Crippen molar-refractivity contribution in [1.82, 2.24) is 14.6 Å². The van der Waals surface area contributed by atoms with Crippen molar-refractivity contribution in [2.75, 3.05) is 18.7 Å². The molecule has 1 aromatic carbocycles. The molecule has 11 nitrogen and oxygen atoms in total. The lowest BCUT2D eigenvalue weighted by molar-refractivity contribution is -0.177. The fourth-order valence-corrected chi connectivity index (χ4v) is 4.08. The molecule has 11 heteroatoms. The summed E-state index contributed by atoms with van der Waals surface area (Å²) in [6, 6.07) is 12.1. The Morgan fingerprint density at radius 1 is 1.19 bits per heavy atom. The molecule has 2 aromatic heterocycles. The number of hydrogen-bond acceptors (Lipinski definition) is 9. The first-order chi connectivity index (χ1) is 17.1. The van der Waals surface area contributed by atoms with Gasteiger partial charge in [-0.3, -0.25) is 9.59 Å². The molecular weight excluding hydrogens is 468 g/mol. The van der Waals surface area contributed by atoms with Crippen LogP contribution in [0.15, 0.2) is 48.8 Å². The van der Waals surface area contributed by atoms with E-state index in [9.17, 15) is 19.8 Å². The van der Waals surface area contributed by atoms with Crippen LogP contribution >= 0.6 is 0 Å². The predicted octanol–water partition coefficient (Wildman–Crippen LogP) is 1.88. The van der Waals surface area contributed by atoms with Crippen molar-refractivity contribution < 1.29 is 34.0 Å². The van der Waals surface area contributed by atoms with Crippen LogP contribution in [0.4, 0.5) is 5.82 Å². The van der Waals surface area contributed by atoms with Gasteiger partial charge < -0.3 is 29.7 Å². The van der Waals surface area contributed by atoms with Gasteiger partial charge in [0.2, 0.25) is 0 Å². The second kappa shape index (κ2) is 9.94. The minimum atomic E-state index is -1.34. The molecule has 3 N–H and O–H groups in total. The molecule has 1 saturated heterocycles. The molecule has 1 aliphatic heterocycles. The molecule has 0 saturated carbocycles. The molecule has 1 amide bonds. The number of anilines is 1. The van der Waals surface area contributed by atoms with E-state index in [1.807, 2.05) is 6.07 Å². The fourth-order valence-electron chi connectivity index (χ4n) is 4.08. The quantitative estimate of drug-likeness (QED) is 0.328. The Morgan fingerprint density at radius 2 is 1.92 bits per heavy atom. The second-order valence-corrected chi connectivity index (χ2v) is 9.77. The van der Waals surface area contributed by atoms with Crippen LogP contribution in [-0.4, -0.2) is 68.4 Å². The maximum absolute atomic E-state index is 12.6. The summed E-state index contributed by atoms with van der Waals surface area (Å²) in [6.45, 7) is 5.96. The molecule has 1 fully saturated rings. The standard InChI is InChI=1S/C25H30N4O7/c1-24(2,3)23(33)35-14-34-19-17(12-30)36-25(4,20(19)31)18-11-10-16-21(26-13-27-29(16)18)28-22(32)15-8-6-5-7-9-15/h5-11,13,17,19-20,30-31H,12,14H2,1-4H3,(H,26,27,28,32)/t17-,19-,20-,25+/m1/s1. The van der Waals surface area contributed by atoms with Gasteiger partial charge in [0.05, 0.1) is 17.7 Å². The summed E-state index contributed by atoms with van der Waals surface area (Å²) in [5, 5.41) is 28.1. The number of benzene rings is 1. The molecule has 1 aliphatic rings. The van der Waals surface area contributed by atoms with Crippen LogP contribution in [0.1, 0.15) is 43.7 Å². The van der Waals surface area contributed by atoms with Gasteiger partial charge >= 0.3 is 5.97 Å². The average molecular weight is 499 g/mol. The molecule has 3 heterocycles. The molecular formula is C25H30N4O7. The number of aromatic nitrogens is 3. The highest BCUT2D eigenvalue weighted by molar-refractivity contribution is 6.05. The highest BCUT2D eigenvalue weighted by Crippen LogP contribution is 2.41. The van der Waals surface area contributed by atoms with Gasteiger partial charge in [0.1, 0.15) is 35.8 Å². The SMILES string of the molecule is CC(C)(C)C(=O)OCO[C@H]1[C@@H](O)[C@](C)(c2ccc3c(NC(=O)c4ccccc4)ncnn23)O[C@@H]1CO. The number of nitrogens with one attached hydrogen (secondary N) is 1. The summed E-state index contributed by atoms with van der Waals surface area (Å²) in [6.07, 6.45) is -1.82. The van der Waals surface area contributed by atoms with Crippen molar-refractivity contribution in [2.45, 2.75) is 51.6 Å². The number of amides is 1. The highest BCUT2D eigenvalue weighted by Gasteiger charge is 2.54. The normalized spacial score (nSPS) is 24.1. The third kappa shape index (κ3) is 4.82. The van der Waals surface area contributed by atoms with Crippen molar-refractivity contribution in [3.05, 3.63) is 60.0 Å². The average Bonchev–Trinajstić information content (AvgIpc) is 3.40. The van der Waals surface area contributed by atoms with E-state index in [1.165, 1.54) is 10.8 Å². The van der Waals surface area contributed by atoms with Gasteiger partial charge in [0.25, 0.3) is 5.91 Å². The number of carbonyl (C=O) groups is 2. The Bertz CT molecular complexity index is 1240. The molecule has 0 spiro atoms. The third-order valence-electron chi connectivity index (χ3n) is 6.11. The molecule has 0 bridgehead atoms. The molecule has 36 heavy (non-hydrogen) atoms. The maximum Gasteiger partial charge on any atom is 0.313 e. The molecule has 0 unspecified atom stereocenters.